The average molecular weight is 504 g/mol. The minimum Gasteiger partial charge on any atom is -0.383 e. The lowest BCUT2D eigenvalue weighted by Crippen LogP contribution is -2.45. The summed E-state index contributed by atoms with van der Waals surface area (Å²) in [6.07, 6.45) is 0.995. The van der Waals surface area contributed by atoms with Crippen LogP contribution in [0.1, 0.15) is 41.9 Å². The van der Waals surface area contributed by atoms with E-state index < -0.39 is 17.5 Å². The number of hydrogen-bond donors (Lipinski definition) is 2. The molecule has 0 spiro atoms. The Morgan fingerprint density at radius 2 is 1.94 bits per heavy atom. The van der Waals surface area contributed by atoms with Crippen LogP contribution in [0.15, 0.2) is 36.7 Å². The normalized spacial score (nSPS) is 17.9. The molecule has 0 radical (unpaired) electrons. The van der Waals surface area contributed by atoms with Gasteiger partial charge in [0.05, 0.1) is 4.88 Å². The number of aliphatic hydroxyl groups is 1. The second-order valence-electron chi connectivity index (χ2n) is 9.14. The second-order valence-corrected chi connectivity index (χ2v) is 10.2. The van der Waals surface area contributed by atoms with Crippen LogP contribution in [0, 0.1) is 12.8 Å². The molecular weight excluding hydrogens is 479 g/mol. The summed E-state index contributed by atoms with van der Waals surface area (Å²) in [5.41, 5.74) is 0.138. The molecule has 3 heterocycles. The molecule has 1 aliphatic carbocycles. The first kappa shape index (κ1) is 23.7. The molecule has 0 unspecified atom stereocenters. The number of carbonyl (C=O) groups excluding carboxylic acids is 1. The van der Waals surface area contributed by atoms with E-state index in [1.165, 1.54) is 11.3 Å². The van der Waals surface area contributed by atoms with Crippen molar-refractivity contribution in [2.45, 2.75) is 44.4 Å². The van der Waals surface area contributed by atoms with E-state index >= 15 is 0 Å². The van der Waals surface area contributed by atoms with Gasteiger partial charge in [-0.2, -0.15) is 13.2 Å². The summed E-state index contributed by atoms with van der Waals surface area (Å²) in [6, 6.07) is 6.34. The lowest BCUT2D eigenvalue weighted by Gasteiger charge is -2.37. The largest absolute Gasteiger partial charge is 0.433 e. The Bertz CT molecular complexity index is 1250. The van der Waals surface area contributed by atoms with Gasteiger partial charge in [0.2, 0.25) is 11.9 Å². The minimum atomic E-state index is -4.56. The van der Waals surface area contributed by atoms with Crippen LogP contribution < -0.4 is 5.32 Å². The lowest BCUT2D eigenvalue weighted by atomic mass is 9.92. The Kier molecular flexibility index (Phi) is 6.00. The number of alkyl halides is 3. The highest BCUT2D eigenvalue weighted by atomic mass is 32.1. The summed E-state index contributed by atoms with van der Waals surface area (Å²) in [7, 11) is 0. The molecule has 7 nitrogen and oxygen atoms in total. The number of likely N-dealkylation sites (tertiary alicyclic amines) is 1. The summed E-state index contributed by atoms with van der Waals surface area (Å²) >= 11 is 1.38. The van der Waals surface area contributed by atoms with E-state index in [0.717, 1.165) is 41.1 Å². The fraction of sp³-hybridized carbons (Fsp3) is 0.417. The molecule has 184 valence electrons. The maximum atomic E-state index is 13.0. The van der Waals surface area contributed by atoms with E-state index in [-0.39, 0.29) is 17.8 Å². The van der Waals surface area contributed by atoms with Crippen molar-refractivity contribution in [3.05, 3.63) is 52.9 Å². The average Bonchev–Trinajstić information content (AvgIpc) is 3.53. The molecule has 1 saturated heterocycles. The SMILES string of the molecule is Cc1cc(Nc2nccc(C(F)(F)F)n2)cc(-c2cnc(C3(O)CCN(C(=O)C4CC4)CC3)s2)c1. The molecule has 2 N–H and O–H groups in total. The predicted octanol–water partition coefficient (Wildman–Crippen LogP) is 4.89. The number of anilines is 2. The van der Waals surface area contributed by atoms with Crippen molar-refractivity contribution in [3.8, 4) is 10.4 Å². The smallest absolute Gasteiger partial charge is 0.383 e. The molecule has 11 heteroatoms. The third-order valence-corrected chi connectivity index (χ3v) is 7.54. The number of nitrogens with zero attached hydrogens (tertiary/aromatic N) is 4. The number of aryl methyl sites for hydroxylation is 1. The van der Waals surface area contributed by atoms with Crippen LogP contribution >= 0.6 is 11.3 Å². The van der Waals surface area contributed by atoms with Crippen LogP contribution in [0.5, 0.6) is 0 Å². The van der Waals surface area contributed by atoms with Gasteiger partial charge in [-0.3, -0.25) is 4.79 Å². The van der Waals surface area contributed by atoms with Gasteiger partial charge in [-0.1, -0.05) is 6.07 Å². The summed E-state index contributed by atoms with van der Waals surface area (Å²) < 4.78 is 38.9. The summed E-state index contributed by atoms with van der Waals surface area (Å²) in [4.78, 5) is 26.9. The fourth-order valence-electron chi connectivity index (χ4n) is 4.23. The highest BCUT2D eigenvalue weighted by Gasteiger charge is 2.41. The zero-order valence-electron chi connectivity index (χ0n) is 19.0. The van der Waals surface area contributed by atoms with E-state index in [1.54, 1.807) is 18.3 Å². The van der Waals surface area contributed by atoms with Crippen LogP contribution in [0.2, 0.25) is 0 Å². The van der Waals surface area contributed by atoms with Crippen molar-refractivity contribution < 1.29 is 23.1 Å². The van der Waals surface area contributed by atoms with Gasteiger partial charge < -0.3 is 15.3 Å². The molecule has 1 saturated carbocycles. The minimum absolute atomic E-state index is 0.150. The number of halogens is 3. The Morgan fingerprint density at radius 1 is 1.20 bits per heavy atom. The maximum absolute atomic E-state index is 13.0. The molecule has 5 rings (SSSR count). The van der Waals surface area contributed by atoms with Crippen molar-refractivity contribution in [3.63, 3.8) is 0 Å². The predicted molar refractivity (Wildman–Crippen MR) is 125 cm³/mol. The quantitative estimate of drug-likeness (QED) is 0.515. The van der Waals surface area contributed by atoms with Crippen LogP contribution in [0.25, 0.3) is 10.4 Å². The monoisotopic (exact) mass is 503 g/mol. The molecule has 2 aromatic heterocycles. The van der Waals surface area contributed by atoms with Gasteiger partial charge in [0, 0.05) is 49.9 Å². The number of hydrogen-bond acceptors (Lipinski definition) is 7. The molecule has 2 aliphatic rings. The molecule has 35 heavy (non-hydrogen) atoms. The van der Waals surface area contributed by atoms with Crippen molar-refractivity contribution >= 4 is 28.9 Å². The number of thiazole rings is 1. The topological polar surface area (TPSA) is 91.2 Å². The number of carbonyl (C=O) groups is 1. The van der Waals surface area contributed by atoms with Gasteiger partial charge in [-0.05, 0) is 49.1 Å². The number of benzene rings is 1. The van der Waals surface area contributed by atoms with Gasteiger partial charge in [-0.15, -0.1) is 11.3 Å². The zero-order valence-corrected chi connectivity index (χ0v) is 19.8. The highest BCUT2D eigenvalue weighted by molar-refractivity contribution is 7.15. The number of rotatable bonds is 5. The Morgan fingerprint density at radius 3 is 2.63 bits per heavy atom. The van der Waals surface area contributed by atoms with E-state index in [2.05, 4.69) is 20.3 Å². The lowest BCUT2D eigenvalue weighted by molar-refractivity contribution is -0.141. The zero-order chi connectivity index (χ0) is 24.8. The maximum Gasteiger partial charge on any atom is 0.433 e. The Balaban J connectivity index is 1.33. The van der Waals surface area contributed by atoms with Gasteiger partial charge >= 0.3 is 6.18 Å². The van der Waals surface area contributed by atoms with Crippen molar-refractivity contribution in [1.82, 2.24) is 19.9 Å². The van der Waals surface area contributed by atoms with Gasteiger partial charge in [0.15, 0.2) is 0 Å². The third kappa shape index (κ3) is 5.15. The van der Waals surface area contributed by atoms with Gasteiger partial charge in [-0.25, -0.2) is 15.0 Å². The van der Waals surface area contributed by atoms with E-state index in [4.69, 9.17) is 0 Å². The second kappa shape index (κ2) is 8.87. The molecule has 1 aromatic carbocycles. The molecular formula is C24H24F3N5O2S. The summed E-state index contributed by atoms with van der Waals surface area (Å²) in [5.74, 6) is 0.206. The van der Waals surface area contributed by atoms with Crippen LogP contribution in [-0.2, 0) is 16.6 Å². The summed E-state index contributed by atoms with van der Waals surface area (Å²) in [6.45, 7) is 2.90. The van der Waals surface area contributed by atoms with Crippen LogP contribution in [0.3, 0.4) is 0 Å². The van der Waals surface area contributed by atoms with E-state index in [1.807, 2.05) is 17.9 Å². The van der Waals surface area contributed by atoms with E-state index in [9.17, 15) is 23.1 Å². The first-order chi connectivity index (χ1) is 16.6. The van der Waals surface area contributed by atoms with Crippen LogP contribution in [0.4, 0.5) is 24.8 Å². The first-order valence-electron chi connectivity index (χ1n) is 11.4. The summed E-state index contributed by atoms with van der Waals surface area (Å²) in [5, 5.41) is 14.7. The van der Waals surface area contributed by atoms with E-state index in [0.29, 0.717) is 36.6 Å². The molecule has 0 bridgehead atoms. The third-order valence-electron chi connectivity index (χ3n) is 6.30. The number of aromatic nitrogens is 3. The number of amides is 1. The molecule has 0 atom stereocenters. The van der Waals surface area contributed by atoms with Gasteiger partial charge in [0.1, 0.15) is 16.3 Å². The molecule has 1 amide bonds. The standard InChI is InChI=1S/C24H24F3N5O2S/c1-14-10-16(12-17(11-14)30-22-28-7-4-19(31-22)24(25,26)27)18-13-29-21(35-18)23(34)5-8-32(9-6-23)20(33)15-2-3-15/h4,7,10-13,15,34H,2-3,5-6,8-9H2,1H3,(H,28,30,31). The number of nitrogens with one attached hydrogen (secondary N) is 1. The highest BCUT2D eigenvalue weighted by Crippen LogP contribution is 2.40. The molecule has 1 aliphatic heterocycles. The first-order valence-corrected chi connectivity index (χ1v) is 12.2. The Labute approximate surface area is 204 Å². The van der Waals surface area contributed by atoms with Crippen LogP contribution in [-0.4, -0.2) is 44.0 Å². The van der Waals surface area contributed by atoms with Crippen molar-refractivity contribution in [2.75, 3.05) is 18.4 Å². The van der Waals surface area contributed by atoms with Gasteiger partial charge in [0.25, 0.3) is 0 Å². The molecule has 2 fully saturated rings. The number of piperidine rings is 1. The van der Waals surface area contributed by atoms with Crippen molar-refractivity contribution in [1.29, 1.82) is 0 Å². The molecule has 3 aromatic rings. The Hall–Kier alpha value is -3.05. The van der Waals surface area contributed by atoms with Crippen molar-refractivity contribution in [2.24, 2.45) is 5.92 Å². The fourth-order valence-corrected chi connectivity index (χ4v) is 5.27.